The zero-order valence-corrected chi connectivity index (χ0v) is 30.0. The highest BCUT2D eigenvalue weighted by molar-refractivity contribution is 5.95. The molecule has 8 nitrogen and oxygen atoms in total. The Balaban J connectivity index is 1.17. The van der Waals surface area contributed by atoms with Crippen molar-refractivity contribution in [2.45, 2.75) is 55.2 Å². The van der Waals surface area contributed by atoms with E-state index in [1.807, 2.05) is 19.2 Å². The first kappa shape index (κ1) is 39.6. The molecule has 6 rings (SSSR count). The van der Waals surface area contributed by atoms with E-state index in [9.17, 15) is 40.3 Å². The van der Waals surface area contributed by atoms with Gasteiger partial charge < -0.3 is 29.5 Å². The molecule has 54 heavy (non-hydrogen) atoms. The molecule has 3 aromatic rings. The Morgan fingerprint density at radius 2 is 1.61 bits per heavy atom. The number of amides is 2. The molecule has 2 amide bonds. The summed E-state index contributed by atoms with van der Waals surface area (Å²) in [4.78, 5) is 31.4. The zero-order valence-electron chi connectivity index (χ0n) is 30.0. The van der Waals surface area contributed by atoms with Crippen molar-refractivity contribution in [3.63, 3.8) is 0 Å². The van der Waals surface area contributed by atoms with Crippen LogP contribution in [0.25, 0.3) is 0 Å². The monoisotopic (exact) mass is 764 g/mol. The average Bonchev–Trinajstić information content (AvgIpc) is 3.72. The molecule has 0 unspecified atom stereocenters. The lowest BCUT2D eigenvalue weighted by Gasteiger charge is -2.44. The van der Waals surface area contributed by atoms with Crippen LogP contribution in [0, 0.1) is 5.82 Å². The van der Waals surface area contributed by atoms with E-state index in [0.29, 0.717) is 63.3 Å². The van der Waals surface area contributed by atoms with Crippen molar-refractivity contribution in [3.05, 3.63) is 106 Å². The van der Waals surface area contributed by atoms with Crippen LogP contribution >= 0.6 is 0 Å². The number of fused-ring (bicyclic) bond motifs is 2. The summed E-state index contributed by atoms with van der Waals surface area (Å²) in [7, 11) is 3.57. The molecule has 0 aromatic heterocycles. The van der Waals surface area contributed by atoms with Gasteiger partial charge in [0.2, 0.25) is 5.91 Å². The van der Waals surface area contributed by atoms with E-state index in [-0.39, 0.29) is 36.6 Å². The Labute approximate surface area is 309 Å². The number of hydrogen-bond acceptors (Lipinski definition) is 6. The maximum absolute atomic E-state index is 14.0. The first-order valence-corrected chi connectivity index (χ1v) is 17.8. The van der Waals surface area contributed by atoms with Gasteiger partial charge in [0.15, 0.2) is 0 Å². The largest absolute Gasteiger partial charge is 0.416 e. The third-order valence-corrected chi connectivity index (χ3v) is 11.1. The van der Waals surface area contributed by atoms with E-state index in [2.05, 4.69) is 22.3 Å². The number of ether oxygens (including phenoxy) is 2. The standard InChI is InChI=1S/C39H43F7N4O4/c1-47-14-18-48(2)34(51)23-53-33-21-26-5-3-4-6-32(26)36(33)11-15-49(16-12-36)17-13-37(28-7-9-31(40)10-8-28)24-50(25-54-37)35(52)27-19-29(38(41,42)43)22-30(20-27)39(44,45)46/h3-10,19-20,22,33,47H,11-18,21,23-25H2,1-2H3/t33-,37+/m0/s1. The van der Waals surface area contributed by atoms with Gasteiger partial charge >= 0.3 is 12.4 Å². The number of carbonyl (C=O) groups is 2. The van der Waals surface area contributed by atoms with Gasteiger partial charge in [-0.15, -0.1) is 0 Å². The molecular formula is C39H43F7N4O4. The Hall–Kier alpha value is -4.05. The fraction of sp³-hybridized carbons (Fsp3) is 0.487. The molecule has 2 heterocycles. The first-order chi connectivity index (χ1) is 25.5. The van der Waals surface area contributed by atoms with E-state index in [1.54, 1.807) is 11.9 Å². The second-order valence-corrected chi connectivity index (χ2v) is 14.4. The third-order valence-electron chi connectivity index (χ3n) is 11.1. The van der Waals surface area contributed by atoms with Crippen LogP contribution in [0.3, 0.4) is 0 Å². The van der Waals surface area contributed by atoms with Gasteiger partial charge in [-0.3, -0.25) is 9.59 Å². The van der Waals surface area contributed by atoms with Crippen LogP contribution in [0.4, 0.5) is 30.7 Å². The Morgan fingerprint density at radius 3 is 2.24 bits per heavy atom. The Kier molecular flexibility index (Phi) is 11.4. The number of likely N-dealkylation sites (tertiary alicyclic amines) is 1. The van der Waals surface area contributed by atoms with Crippen molar-refractivity contribution >= 4 is 11.8 Å². The molecule has 0 saturated carbocycles. The number of hydrogen-bond donors (Lipinski definition) is 1. The van der Waals surface area contributed by atoms with Crippen LogP contribution < -0.4 is 5.32 Å². The lowest BCUT2D eigenvalue weighted by molar-refractivity contribution is -0.143. The molecule has 1 aliphatic carbocycles. The molecule has 292 valence electrons. The smallest absolute Gasteiger partial charge is 0.367 e. The fourth-order valence-corrected chi connectivity index (χ4v) is 7.98. The normalized spacial score (nSPS) is 21.4. The quantitative estimate of drug-likeness (QED) is 0.234. The second-order valence-electron chi connectivity index (χ2n) is 14.4. The van der Waals surface area contributed by atoms with E-state index in [4.69, 9.17) is 9.47 Å². The summed E-state index contributed by atoms with van der Waals surface area (Å²) < 4.78 is 108. The van der Waals surface area contributed by atoms with Crippen LogP contribution in [0.5, 0.6) is 0 Å². The molecule has 3 aliphatic rings. The SMILES string of the molecule is CNCCN(C)C(=O)CO[C@H]1Cc2ccccc2C12CCN(CC[C@]1(c3ccc(F)cc3)CN(C(=O)c3cc(C(F)(F)F)cc(C(F)(F)F)c3)CO1)CC2. The van der Waals surface area contributed by atoms with Crippen molar-refractivity contribution in [1.82, 2.24) is 20.0 Å². The highest BCUT2D eigenvalue weighted by atomic mass is 19.4. The molecular weight excluding hydrogens is 721 g/mol. The van der Waals surface area contributed by atoms with Gasteiger partial charge in [0.05, 0.1) is 23.8 Å². The summed E-state index contributed by atoms with van der Waals surface area (Å²) in [5, 5.41) is 3.03. The zero-order chi connectivity index (χ0) is 38.9. The average molecular weight is 765 g/mol. The number of alkyl halides is 6. The van der Waals surface area contributed by atoms with E-state index >= 15 is 0 Å². The van der Waals surface area contributed by atoms with Gasteiger partial charge in [-0.1, -0.05) is 36.4 Å². The molecule has 3 aromatic carbocycles. The Morgan fingerprint density at radius 1 is 0.963 bits per heavy atom. The molecule has 1 spiro atoms. The van der Waals surface area contributed by atoms with E-state index in [0.717, 1.165) is 17.7 Å². The number of benzene rings is 3. The number of piperidine rings is 1. The van der Waals surface area contributed by atoms with Crippen molar-refractivity contribution in [3.8, 4) is 0 Å². The predicted octanol–water partition coefficient (Wildman–Crippen LogP) is 6.23. The molecule has 2 atom stereocenters. The molecule has 0 bridgehead atoms. The number of halogens is 7. The summed E-state index contributed by atoms with van der Waals surface area (Å²) in [5.74, 6) is -1.66. The second kappa shape index (κ2) is 15.6. The highest BCUT2D eigenvalue weighted by Gasteiger charge is 2.50. The maximum atomic E-state index is 14.0. The summed E-state index contributed by atoms with van der Waals surface area (Å²) in [5.41, 5.74) is -2.53. The lowest BCUT2D eigenvalue weighted by Crippen LogP contribution is -2.50. The number of carbonyl (C=O) groups excluding carboxylic acids is 2. The van der Waals surface area contributed by atoms with Crippen molar-refractivity contribution in [2.24, 2.45) is 0 Å². The molecule has 2 saturated heterocycles. The van der Waals surface area contributed by atoms with Gasteiger partial charge in [0, 0.05) is 37.7 Å². The van der Waals surface area contributed by atoms with Crippen LogP contribution in [0.1, 0.15) is 57.4 Å². The molecule has 2 fully saturated rings. The minimum atomic E-state index is -5.12. The van der Waals surface area contributed by atoms with Gasteiger partial charge in [0.25, 0.3) is 5.91 Å². The number of nitrogens with zero attached hydrogens (tertiary/aromatic N) is 3. The Bertz CT molecular complexity index is 1780. The maximum Gasteiger partial charge on any atom is 0.416 e. The summed E-state index contributed by atoms with van der Waals surface area (Å²) >= 11 is 0. The number of rotatable bonds is 11. The van der Waals surface area contributed by atoms with Gasteiger partial charge in [0.1, 0.15) is 24.8 Å². The summed E-state index contributed by atoms with van der Waals surface area (Å²) in [6.45, 7) is 2.42. The predicted molar refractivity (Wildman–Crippen MR) is 185 cm³/mol. The molecule has 1 N–H and O–H groups in total. The van der Waals surface area contributed by atoms with E-state index in [1.165, 1.54) is 35.4 Å². The van der Waals surface area contributed by atoms with Crippen LogP contribution in [0.15, 0.2) is 66.7 Å². The van der Waals surface area contributed by atoms with Crippen LogP contribution in [0.2, 0.25) is 0 Å². The summed E-state index contributed by atoms with van der Waals surface area (Å²) in [6.07, 6.45) is -7.96. The molecule has 2 aliphatic heterocycles. The van der Waals surface area contributed by atoms with Crippen LogP contribution in [-0.4, -0.2) is 99.3 Å². The number of nitrogens with one attached hydrogen (secondary N) is 1. The van der Waals surface area contributed by atoms with E-state index < -0.39 is 53.1 Å². The minimum Gasteiger partial charge on any atom is -0.367 e. The van der Waals surface area contributed by atoms with Gasteiger partial charge in [-0.2, -0.15) is 26.3 Å². The third kappa shape index (κ3) is 8.28. The number of likely N-dealkylation sites (N-methyl/N-ethyl adjacent to an activating group) is 2. The molecule has 0 radical (unpaired) electrons. The highest BCUT2D eigenvalue weighted by Crippen LogP contribution is 2.48. The van der Waals surface area contributed by atoms with Crippen molar-refractivity contribution in [1.29, 1.82) is 0 Å². The van der Waals surface area contributed by atoms with Crippen molar-refractivity contribution in [2.75, 3.05) is 66.7 Å². The van der Waals surface area contributed by atoms with Crippen molar-refractivity contribution < 1.29 is 49.8 Å². The summed E-state index contributed by atoms with van der Waals surface area (Å²) in [6, 6.07) is 14.5. The topological polar surface area (TPSA) is 74.4 Å². The fourth-order valence-electron chi connectivity index (χ4n) is 7.98. The van der Waals surface area contributed by atoms with Crippen LogP contribution in [-0.2, 0) is 44.1 Å². The molecule has 15 heteroatoms. The van der Waals surface area contributed by atoms with Gasteiger partial charge in [-0.25, -0.2) is 4.39 Å². The van der Waals surface area contributed by atoms with Gasteiger partial charge in [-0.05, 0) is 92.8 Å². The first-order valence-electron chi connectivity index (χ1n) is 17.8. The lowest BCUT2D eigenvalue weighted by atomic mass is 9.72. The minimum absolute atomic E-state index is 0.0218.